The van der Waals surface area contributed by atoms with Gasteiger partial charge in [0.15, 0.2) is 12.0 Å². The minimum absolute atomic E-state index is 0.141. The fraction of sp³-hybridized carbons (Fsp3) is 0.435. The third kappa shape index (κ3) is 4.37. The van der Waals surface area contributed by atoms with Crippen LogP contribution in [-0.4, -0.2) is 44.1 Å². The van der Waals surface area contributed by atoms with E-state index in [0.717, 1.165) is 34.6 Å². The highest BCUT2D eigenvalue weighted by Crippen LogP contribution is 2.34. The SMILES string of the molecule is CC(C)c1c([C@H](C)O)cnc2ccc(-c3nc(NC4OCCCC4O)ncc3F)cc12. The van der Waals surface area contributed by atoms with E-state index in [9.17, 15) is 14.6 Å². The molecular weight excluding hydrogens is 399 g/mol. The molecular formula is C23H27FN4O3. The first kappa shape index (κ1) is 21.5. The van der Waals surface area contributed by atoms with E-state index >= 15 is 0 Å². The van der Waals surface area contributed by atoms with Crippen LogP contribution in [0.25, 0.3) is 22.2 Å². The maximum absolute atomic E-state index is 14.7. The Hall–Kier alpha value is -2.68. The van der Waals surface area contributed by atoms with Crippen LogP contribution in [0, 0.1) is 5.82 Å². The van der Waals surface area contributed by atoms with E-state index in [4.69, 9.17) is 4.74 Å². The Morgan fingerprint density at radius 3 is 2.71 bits per heavy atom. The number of aliphatic hydroxyl groups excluding tert-OH is 2. The number of ether oxygens (including phenoxy) is 1. The zero-order chi connectivity index (χ0) is 22.1. The van der Waals surface area contributed by atoms with Gasteiger partial charge < -0.3 is 20.3 Å². The second-order valence-electron chi connectivity index (χ2n) is 8.23. The fourth-order valence-corrected chi connectivity index (χ4v) is 4.02. The van der Waals surface area contributed by atoms with E-state index in [2.05, 4.69) is 34.1 Å². The molecule has 3 N–H and O–H groups in total. The van der Waals surface area contributed by atoms with Crippen LogP contribution < -0.4 is 5.32 Å². The molecule has 1 aliphatic rings. The summed E-state index contributed by atoms with van der Waals surface area (Å²) in [4.78, 5) is 12.8. The molecule has 2 unspecified atom stereocenters. The van der Waals surface area contributed by atoms with E-state index < -0.39 is 24.3 Å². The summed E-state index contributed by atoms with van der Waals surface area (Å²) in [7, 11) is 0. The maximum Gasteiger partial charge on any atom is 0.225 e. The number of fused-ring (bicyclic) bond motifs is 1. The van der Waals surface area contributed by atoms with Crippen LogP contribution in [0.1, 0.15) is 56.8 Å². The van der Waals surface area contributed by atoms with E-state index in [1.165, 1.54) is 0 Å². The fourth-order valence-electron chi connectivity index (χ4n) is 4.02. The van der Waals surface area contributed by atoms with Crippen molar-refractivity contribution in [1.29, 1.82) is 0 Å². The minimum atomic E-state index is -0.676. The van der Waals surface area contributed by atoms with Crippen LogP contribution in [0.4, 0.5) is 10.3 Å². The first-order valence-corrected chi connectivity index (χ1v) is 10.5. The molecule has 3 heterocycles. The summed E-state index contributed by atoms with van der Waals surface area (Å²) in [6.45, 7) is 6.35. The molecule has 0 amide bonds. The van der Waals surface area contributed by atoms with Crippen LogP contribution in [0.2, 0.25) is 0 Å². The molecule has 3 atom stereocenters. The van der Waals surface area contributed by atoms with Crippen molar-refractivity contribution in [2.75, 3.05) is 11.9 Å². The standard InChI is InChI=1S/C23H27FN4O3/c1-12(2)20-15-9-14(6-7-18(15)25-10-16(20)13(3)29)21-17(24)11-26-23(27-21)28-22-19(30)5-4-8-31-22/h6-7,9-13,19,22,29-30H,4-5,8H2,1-3H3,(H,26,27,28)/t13-,19?,22?/m0/s1. The molecule has 0 bridgehead atoms. The van der Waals surface area contributed by atoms with Gasteiger partial charge in [-0.05, 0) is 43.4 Å². The van der Waals surface area contributed by atoms with Gasteiger partial charge in [0.1, 0.15) is 5.69 Å². The number of pyridine rings is 1. The van der Waals surface area contributed by atoms with Gasteiger partial charge in [0.25, 0.3) is 0 Å². The Bertz CT molecular complexity index is 1090. The molecule has 4 rings (SSSR count). The van der Waals surface area contributed by atoms with Crippen LogP contribution in [0.15, 0.2) is 30.6 Å². The Kier molecular flexibility index (Phi) is 6.13. The van der Waals surface area contributed by atoms with Gasteiger partial charge in [0.2, 0.25) is 5.95 Å². The number of benzene rings is 1. The number of nitrogens with one attached hydrogen (secondary N) is 1. The first-order chi connectivity index (χ1) is 14.8. The number of halogens is 1. The van der Waals surface area contributed by atoms with Crippen molar-refractivity contribution in [3.63, 3.8) is 0 Å². The van der Waals surface area contributed by atoms with Gasteiger partial charge in [-0.25, -0.2) is 14.4 Å². The van der Waals surface area contributed by atoms with E-state index in [-0.39, 0.29) is 17.6 Å². The summed E-state index contributed by atoms with van der Waals surface area (Å²) in [6, 6.07) is 5.44. The summed E-state index contributed by atoms with van der Waals surface area (Å²) in [6.07, 6.45) is 2.24. The number of hydrogen-bond donors (Lipinski definition) is 3. The zero-order valence-corrected chi connectivity index (χ0v) is 17.8. The lowest BCUT2D eigenvalue weighted by Gasteiger charge is -2.28. The largest absolute Gasteiger partial charge is 0.389 e. The number of hydrogen-bond acceptors (Lipinski definition) is 7. The van der Waals surface area contributed by atoms with Crippen molar-refractivity contribution in [2.45, 2.75) is 58.0 Å². The van der Waals surface area contributed by atoms with Gasteiger partial charge in [-0.2, -0.15) is 0 Å². The van der Waals surface area contributed by atoms with Crippen molar-refractivity contribution in [2.24, 2.45) is 0 Å². The lowest BCUT2D eigenvalue weighted by atomic mass is 9.91. The molecule has 0 saturated carbocycles. The Balaban J connectivity index is 1.76. The Labute approximate surface area is 180 Å². The molecule has 2 aromatic heterocycles. The van der Waals surface area contributed by atoms with Crippen molar-refractivity contribution in [3.8, 4) is 11.3 Å². The Morgan fingerprint density at radius 1 is 1.19 bits per heavy atom. The molecule has 31 heavy (non-hydrogen) atoms. The maximum atomic E-state index is 14.7. The second-order valence-corrected chi connectivity index (χ2v) is 8.23. The van der Waals surface area contributed by atoms with Crippen LogP contribution >= 0.6 is 0 Å². The van der Waals surface area contributed by atoms with Crippen molar-refractivity contribution in [1.82, 2.24) is 15.0 Å². The van der Waals surface area contributed by atoms with Crippen molar-refractivity contribution >= 4 is 16.9 Å². The first-order valence-electron chi connectivity index (χ1n) is 10.5. The highest BCUT2D eigenvalue weighted by atomic mass is 19.1. The monoisotopic (exact) mass is 426 g/mol. The smallest absolute Gasteiger partial charge is 0.225 e. The molecule has 3 aromatic rings. The molecule has 7 nitrogen and oxygen atoms in total. The summed E-state index contributed by atoms with van der Waals surface area (Å²) in [5.74, 6) is -0.231. The van der Waals surface area contributed by atoms with Gasteiger partial charge in [0, 0.05) is 29.3 Å². The molecule has 0 radical (unpaired) electrons. The molecule has 164 valence electrons. The van der Waals surface area contributed by atoms with Crippen LogP contribution in [-0.2, 0) is 4.74 Å². The molecule has 0 aliphatic carbocycles. The number of anilines is 1. The summed E-state index contributed by atoms with van der Waals surface area (Å²) in [5.41, 5.74) is 3.22. The van der Waals surface area contributed by atoms with Gasteiger partial charge in [-0.3, -0.25) is 4.98 Å². The minimum Gasteiger partial charge on any atom is -0.389 e. The highest BCUT2D eigenvalue weighted by Gasteiger charge is 2.25. The topological polar surface area (TPSA) is 100 Å². The molecule has 8 heteroatoms. The average molecular weight is 426 g/mol. The normalized spacial score (nSPS) is 20.2. The number of aromatic nitrogens is 3. The van der Waals surface area contributed by atoms with E-state index in [1.807, 2.05) is 12.1 Å². The molecule has 1 aromatic carbocycles. The quantitative estimate of drug-likeness (QED) is 0.569. The molecule has 1 saturated heterocycles. The van der Waals surface area contributed by atoms with Crippen LogP contribution in [0.5, 0.6) is 0 Å². The molecule has 1 fully saturated rings. The van der Waals surface area contributed by atoms with E-state index in [0.29, 0.717) is 18.6 Å². The number of aliphatic hydroxyl groups is 2. The van der Waals surface area contributed by atoms with Crippen molar-refractivity contribution < 1.29 is 19.3 Å². The van der Waals surface area contributed by atoms with Gasteiger partial charge >= 0.3 is 0 Å². The summed E-state index contributed by atoms with van der Waals surface area (Å²) >= 11 is 0. The average Bonchev–Trinajstić information content (AvgIpc) is 2.75. The van der Waals surface area contributed by atoms with Gasteiger partial charge in [-0.1, -0.05) is 19.9 Å². The second kappa shape index (κ2) is 8.82. The van der Waals surface area contributed by atoms with Gasteiger partial charge in [-0.15, -0.1) is 0 Å². The van der Waals surface area contributed by atoms with E-state index in [1.54, 1.807) is 19.2 Å². The predicted molar refractivity (Wildman–Crippen MR) is 116 cm³/mol. The zero-order valence-electron chi connectivity index (χ0n) is 17.8. The molecule has 0 spiro atoms. The third-order valence-corrected chi connectivity index (χ3v) is 5.55. The van der Waals surface area contributed by atoms with Gasteiger partial charge in [0.05, 0.1) is 23.9 Å². The van der Waals surface area contributed by atoms with Crippen molar-refractivity contribution in [3.05, 3.63) is 47.5 Å². The third-order valence-electron chi connectivity index (χ3n) is 5.55. The summed E-state index contributed by atoms with van der Waals surface area (Å²) < 4.78 is 20.2. The molecule has 1 aliphatic heterocycles. The predicted octanol–water partition coefficient (Wildman–Crippen LogP) is 3.92. The summed E-state index contributed by atoms with van der Waals surface area (Å²) in [5, 5.41) is 24.1. The number of rotatable bonds is 5. The lowest BCUT2D eigenvalue weighted by molar-refractivity contribution is -0.0587. The lowest BCUT2D eigenvalue weighted by Crippen LogP contribution is -2.40. The highest BCUT2D eigenvalue weighted by molar-refractivity contribution is 5.88. The Morgan fingerprint density at radius 2 is 2.00 bits per heavy atom. The van der Waals surface area contributed by atoms with Crippen LogP contribution in [0.3, 0.4) is 0 Å². The number of nitrogens with zero attached hydrogens (tertiary/aromatic N) is 3.